The highest BCUT2D eigenvalue weighted by atomic mass is 16.4. The number of aromatic carboxylic acids is 1. The largest absolute Gasteiger partial charge is 0.478 e. The predicted octanol–water partition coefficient (Wildman–Crippen LogP) is 0.284. The molecule has 0 unspecified atom stereocenters. The predicted molar refractivity (Wildman–Crippen MR) is 71.6 cm³/mol. The van der Waals surface area contributed by atoms with Crippen LogP contribution in [0.15, 0.2) is 18.3 Å². The first kappa shape index (κ1) is 13.8. The van der Waals surface area contributed by atoms with E-state index >= 15 is 0 Å². The molecule has 2 heterocycles. The van der Waals surface area contributed by atoms with Crippen molar-refractivity contribution in [3.63, 3.8) is 0 Å². The number of carboxylic acids is 1. The highest BCUT2D eigenvalue weighted by Gasteiger charge is 2.21. The summed E-state index contributed by atoms with van der Waals surface area (Å²) in [5.41, 5.74) is 0.256. The normalized spacial score (nSPS) is 16.6. The summed E-state index contributed by atoms with van der Waals surface area (Å²) in [7, 11) is 0. The summed E-state index contributed by atoms with van der Waals surface area (Å²) in [6, 6.07) is 3.23. The van der Waals surface area contributed by atoms with Crippen LogP contribution in [0, 0.1) is 0 Å². The molecule has 0 bridgehead atoms. The van der Waals surface area contributed by atoms with Crippen LogP contribution < -0.4 is 4.90 Å². The summed E-state index contributed by atoms with van der Waals surface area (Å²) >= 11 is 0. The molecule has 1 fully saturated rings. The van der Waals surface area contributed by atoms with Crippen LogP contribution in [0.2, 0.25) is 0 Å². The first-order chi connectivity index (χ1) is 9.22. The minimum Gasteiger partial charge on any atom is -0.478 e. The Morgan fingerprint density at radius 2 is 2.05 bits per heavy atom. The number of aromatic nitrogens is 1. The summed E-state index contributed by atoms with van der Waals surface area (Å²) in [5.74, 6) is -0.386. The van der Waals surface area contributed by atoms with Crippen molar-refractivity contribution in [3.05, 3.63) is 23.9 Å². The Kier molecular flexibility index (Phi) is 4.70. The molecule has 2 N–H and O–H groups in total. The Bertz CT molecular complexity index is 431. The van der Waals surface area contributed by atoms with Crippen molar-refractivity contribution in [1.29, 1.82) is 0 Å². The van der Waals surface area contributed by atoms with Crippen LogP contribution in [0.3, 0.4) is 0 Å². The molecule has 1 saturated heterocycles. The highest BCUT2D eigenvalue weighted by molar-refractivity contribution is 5.93. The Hall–Kier alpha value is -1.66. The lowest BCUT2D eigenvalue weighted by Gasteiger charge is -2.35. The molecular formula is C13H19N3O3. The van der Waals surface area contributed by atoms with Gasteiger partial charge in [0.2, 0.25) is 0 Å². The van der Waals surface area contributed by atoms with Crippen molar-refractivity contribution < 1.29 is 15.0 Å². The fourth-order valence-electron chi connectivity index (χ4n) is 2.29. The fraction of sp³-hybridized carbons (Fsp3) is 0.538. The Balaban J connectivity index is 2.00. The molecule has 0 atom stereocenters. The standard InChI is InChI=1S/C13H19N3O3/c17-10-2-5-15-6-8-16(9-7-15)12-11(13(18)19)3-1-4-14-12/h1,3-4,17H,2,5-10H2,(H,18,19). The van der Waals surface area contributed by atoms with E-state index in [-0.39, 0.29) is 12.2 Å². The Morgan fingerprint density at radius 1 is 1.32 bits per heavy atom. The van der Waals surface area contributed by atoms with E-state index in [0.29, 0.717) is 5.82 Å². The quantitative estimate of drug-likeness (QED) is 0.796. The first-order valence-electron chi connectivity index (χ1n) is 6.49. The van der Waals surface area contributed by atoms with E-state index in [1.165, 1.54) is 0 Å². The van der Waals surface area contributed by atoms with Gasteiger partial charge >= 0.3 is 5.97 Å². The van der Waals surface area contributed by atoms with Gasteiger partial charge in [0.15, 0.2) is 0 Å². The van der Waals surface area contributed by atoms with E-state index in [4.69, 9.17) is 10.2 Å². The Morgan fingerprint density at radius 3 is 2.68 bits per heavy atom. The fourth-order valence-corrected chi connectivity index (χ4v) is 2.29. The third-order valence-electron chi connectivity index (χ3n) is 3.32. The maximum absolute atomic E-state index is 11.2. The molecular weight excluding hydrogens is 246 g/mol. The molecule has 1 aliphatic rings. The van der Waals surface area contributed by atoms with Gasteiger partial charge < -0.3 is 15.1 Å². The van der Waals surface area contributed by atoms with Gasteiger partial charge in [-0.1, -0.05) is 0 Å². The van der Waals surface area contributed by atoms with Gasteiger partial charge in [-0.25, -0.2) is 9.78 Å². The zero-order valence-electron chi connectivity index (χ0n) is 10.8. The van der Waals surface area contributed by atoms with Crippen molar-refractivity contribution in [2.45, 2.75) is 6.42 Å². The van der Waals surface area contributed by atoms with Gasteiger partial charge in [-0.15, -0.1) is 0 Å². The van der Waals surface area contributed by atoms with Crippen molar-refractivity contribution in [1.82, 2.24) is 9.88 Å². The summed E-state index contributed by atoms with van der Waals surface area (Å²) in [6.07, 6.45) is 2.41. The number of nitrogens with zero attached hydrogens (tertiary/aromatic N) is 3. The zero-order chi connectivity index (χ0) is 13.7. The zero-order valence-corrected chi connectivity index (χ0v) is 10.8. The van der Waals surface area contributed by atoms with E-state index < -0.39 is 5.97 Å². The molecule has 0 radical (unpaired) electrons. The van der Waals surface area contributed by atoms with Crippen LogP contribution in [0.5, 0.6) is 0 Å². The molecule has 0 amide bonds. The molecule has 6 nitrogen and oxygen atoms in total. The van der Waals surface area contributed by atoms with Crippen molar-refractivity contribution in [3.8, 4) is 0 Å². The molecule has 1 aromatic rings. The molecule has 6 heteroatoms. The van der Waals surface area contributed by atoms with Crippen LogP contribution in [0.1, 0.15) is 16.8 Å². The number of hydrogen-bond donors (Lipinski definition) is 2. The molecule has 0 spiro atoms. The third kappa shape index (κ3) is 3.42. The number of rotatable bonds is 5. The van der Waals surface area contributed by atoms with Gasteiger partial charge in [-0.3, -0.25) is 4.90 Å². The second-order valence-corrected chi connectivity index (χ2v) is 4.59. The van der Waals surface area contributed by atoms with Gasteiger partial charge in [0.25, 0.3) is 0 Å². The number of anilines is 1. The summed E-state index contributed by atoms with van der Waals surface area (Å²) < 4.78 is 0. The third-order valence-corrected chi connectivity index (χ3v) is 3.32. The molecule has 1 aromatic heterocycles. The maximum atomic E-state index is 11.2. The van der Waals surface area contributed by atoms with E-state index in [2.05, 4.69) is 9.88 Å². The SMILES string of the molecule is O=C(O)c1cccnc1N1CCN(CCCO)CC1. The topological polar surface area (TPSA) is 76.9 Å². The van der Waals surface area contributed by atoms with Crippen LogP contribution in [-0.4, -0.2) is 65.4 Å². The summed E-state index contributed by atoms with van der Waals surface area (Å²) in [4.78, 5) is 19.6. The van der Waals surface area contributed by atoms with Crippen LogP contribution in [0.4, 0.5) is 5.82 Å². The van der Waals surface area contributed by atoms with Crippen LogP contribution in [-0.2, 0) is 0 Å². The minimum absolute atomic E-state index is 0.212. The minimum atomic E-state index is -0.939. The van der Waals surface area contributed by atoms with Gasteiger partial charge in [0, 0.05) is 45.5 Å². The molecule has 19 heavy (non-hydrogen) atoms. The van der Waals surface area contributed by atoms with Crippen molar-refractivity contribution in [2.24, 2.45) is 0 Å². The second-order valence-electron chi connectivity index (χ2n) is 4.59. The molecule has 0 aliphatic carbocycles. The van der Waals surface area contributed by atoms with Gasteiger partial charge in [0.05, 0.1) is 0 Å². The smallest absolute Gasteiger partial charge is 0.339 e. The first-order valence-corrected chi connectivity index (χ1v) is 6.49. The number of carbonyl (C=O) groups is 1. The lowest BCUT2D eigenvalue weighted by atomic mass is 10.2. The number of hydrogen-bond acceptors (Lipinski definition) is 5. The van der Waals surface area contributed by atoms with Crippen LogP contribution >= 0.6 is 0 Å². The molecule has 104 valence electrons. The van der Waals surface area contributed by atoms with Crippen LogP contribution in [0.25, 0.3) is 0 Å². The van der Waals surface area contributed by atoms with E-state index in [9.17, 15) is 4.79 Å². The monoisotopic (exact) mass is 265 g/mol. The van der Waals surface area contributed by atoms with E-state index in [1.807, 2.05) is 4.90 Å². The van der Waals surface area contributed by atoms with Crippen molar-refractivity contribution >= 4 is 11.8 Å². The molecule has 0 saturated carbocycles. The van der Waals surface area contributed by atoms with E-state index in [1.54, 1.807) is 18.3 Å². The number of aliphatic hydroxyl groups excluding tert-OH is 1. The second kappa shape index (κ2) is 6.49. The molecule has 1 aliphatic heterocycles. The number of pyridine rings is 1. The maximum Gasteiger partial charge on any atom is 0.339 e. The number of carboxylic acid groups (broad SMARTS) is 1. The van der Waals surface area contributed by atoms with Gasteiger partial charge in [-0.2, -0.15) is 0 Å². The number of piperazine rings is 1. The summed E-state index contributed by atoms with van der Waals surface area (Å²) in [6.45, 7) is 4.37. The van der Waals surface area contributed by atoms with Gasteiger partial charge in [0.1, 0.15) is 11.4 Å². The molecule has 0 aromatic carbocycles. The summed E-state index contributed by atoms with van der Waals surface area (Å²) in [5, 5.41) is 18.0. The lowest BCUT2D eigenvalue weighted by Crippen LogP contribution is -2.47. The average molecular weight is 265 g/mol. The number of aliphatic hydroxyl groups is 1. The molecule has 2 rings (SSSR count). The van der Waals surface area contributed by atoms with Crippen molar-refractivity contribution in [2.75, 3.05) is 44.2 Å². The highest BCUT2D eigenvalue weighted by Crippen LogP contribution is 2.18. The van der Waals surface area contributed by atoms with E-state index in [0.717, 1.165) is 39.1 Å². The Labute approximate surface area is 112 Å². The average Bonchev–Trinajstić information content (AvgIpc) is 2.45. The van der Waals surface area contributed by atoms with Gasteiger partial charge in [-0.05, 0) is 18.6 Å². The lowest BCUT2D eigenvalue weighted by molar-refractivity contribution is 0.0697.